The van der Waals surface area contributed by atoms with Crippen molar-refractivity contribution in [3.8, 4) is 0 Å². The molecule has 0 saturated heterocycles. The molecule has 3 aromatic heterocycles. The molecule has 0 saturated carbocycles. The van der Waals surface area contributed by atoms with Crippen molar-refractivity contribution in [3.63, 3.8) is 0 Å². The molecule has 0 spiro atoms. The Balaban J connectivity index is 1.53. The van der Waals surface area contributed by atoms with Crippen LogP contribution in [-0.2, 0) is 13.0 Å². The summed E-state index contributed by atoms with van der Waals surface area (Å²) in [5.41, 5.74) is 1.11. The summed E-state index contributed by atoms with van der Waals surface area (Å²) in [6.45, 7) is -1.03. The van der Waals surface area contributed by atoms with Gasteiger partial charge in [-0.05, 0) is 6.07 Å². The maximum Gasteiger partial charge on any atom is 0.395 e. The quantitative estimate of drug-likeness (QED) is 0.582. The molecule has 1 atom stereocenters. The van der Waals surface area contributed by atoms with Gasteiger partial charge in [-0.3, -0.25) is 4.79 Å². The van der Waals surface area contributed by atoms with Gasteiger partial charge < -0.3 is 24.8 Å². The Hall–Kier alpha value is -3.15. The number of halogens is 3. The molecule has 0 aromatic carbocycles. The minimum absolute atomic E-state index is 0.0667. The lowest BCUT2D eigenvalue weighted by molar-refractivity contribution is -0.181. The number of hydrogen-bond donors (Lipinski definition) is 3. The number of aromatic nitrogens is 4. The fourth-order valence-electron chi connectivity index (χ4n) is 3.26. The van der Waals surface area contributed by atoms with Crippen LogP contribution in [0.2, 0.25) is 0 Å². The Bertz CT molecular complexity index is 1030. The largest absolute Gasteiger partial charge is 0.396 e. The van der Waals surface area contributed by atoms with Crippen molar-refractivity contribution in [2.24, 2.45) is 5.92 Å². The average Bonchev–Trinajstić information content (AvgIpc) is 3.33. The van der Waals surface area contributed by atoms with Gasteiger partial charge in [0.1, 0.15) is 23.6 Å². The highest BCUT2D eigenvalue weighted by Crippen LogP contribution is 2.30. The van der Waals surface area contributed by atoms with Crippen molar-refractivity contribution in [3.05, 3.63) is 35.6 Å². The smallest absolute Gasteiger partial charge is 0.395 e. The highest BCUT2D eigenvalue weighted by molar-refractivity contribution is 5.94. The second-order valence-electron chi connectivity index (χ2n) is 6.67. The maximum atomic E-state index is 12.8. The van der Waals surface area contributed by atoms with E-state index in [1.807, 2.05) is 11.0 Å². The third-order valence-electron chi connectivity index (χ3n) is 4.87. The van der Waals surface area contributed by atoms with Gasteiger partial charge in [0.05, 0.1) is 24.5 Å². The molecule has 3 aromatic rings. The first-order chi connectivity index (χ1) is 13.9. The first-order valence-corrected chi connectivity index (χ1v) is 8.84. The molecule has 0 fully saturated rings. The second kappa shape index (κ2) is 7.35. The Morgan fingerprint density at radius 3 is 3.00 bits per heavy atom. The number of amides is 1. The van der Waals surface area contributed by atoms with Crippen LogP contribution in [0.1, 0.15) is 21.8 Å². The number of rotatable bonds is 5. The van der Waals surface area contributed by atoms with Crippen LogP contribution >= 0.6 is 0 Å². The monoisotopic (exact) mass is 410 g/mol. The predicted octanol–water partition coefficient (Wildman–Crippen LogP) is 1.41. The maximum absolute atomic E-state index is 12.8. The van der Waals surface area contributed by atoms with Gasteiger partial charge in [-0.1, -0.05) is 5.16 Å². The van der Waals surface area contributed by atoms with Gasteiger partial charge in [0.15, 0.2) is 5.69 Å². The zero-order chi connectivity index (χ0) is 20.6. The Morgan fingerprint density at radius 1 is 1.41 bits per heavy atom. The molecule has 9 nitrogen and oxygen atoms in total. The molecule has 4 heterocycles. The summed E-state index contributed by atoms with van der Waals surface area (Å²) in [4.78, 5) is 25.8. The lowest BCUT2D eigenvalue weighted by atomic mass is 10.0. The van der Waals surface area contributed by atoms with Crippen LogP contribution in [0.15, 0.2) is 23.1 Å². The molecule has 0 aliphatic carbocycles. The number of aliphatic hydroxyl groups excluding tert-OH is 1. The lowest BCUT2D eigenvalue weighted by Gasteiger charge is -2.27. The summed E-state index contributed by atoms with van der Waals surface area (Å²) in [5, 5.41) is 15.6. The van der Waals surface area contributed by atoms with Crippen molar-refractivity contribution in [2.75, 3.05) is 24.6 Å². The topological polar surface area (TPSA) is 120 Å². The summed E-state index contributed by atoms with van der Waals surface area (Å²) < 4.78 is 43.5. The fourth-order valence-corrected chi connectivity index (χ4v) is 3.26. The molecule has 29 heavy (non-hydrogen) atoms. The molecule has 1 aliphatic heterocycles. The van der Waals surface area contributed by atoms with E-state index in [2.05, 4.69) is 25.4 Å². The van der Waals surface area contributed by atoms with Gasteiger partial charge in [0.25, 0.3) is 5.91 Å². The molecule has 4 rings (SSSR count). The van der Waals surface area contributed by atoms with Gasteiger partial charge >= 0.3 is 6.18 Å². The van der Waals surface area contributed by atoms with Crippen molar-refractivity contribution in [1.29, 1.82) is 0 Å². The molecular weight excluding hydrogens is 393 g/mol. The van der Waals surface area contributed by atoms with Crippen LogP contribution in [0, 0.1) is 5.92 Å². The molecule has 154 valence electrons. The molecule has 0 radical (unpaired) electrons. The minimum Gasteiger partial charge on any atom is -0.396 e. The number of aliphatic hydroxyl groups is 1. The molecule has 1 amide bonds. The van der Waals surface area contributed by atoms with Gasteiger partial charge in [-0.2, -0.15) is 13.2 Å². The number of H-pyrrole nitrogens is 1. The summed E-state index contributed by atoms with van der Waals surface area (Å²) in [7, 11) is 0. The molecule has 1 unspecified atom stereocenters. The highest BCUT2D eigenvalue weighted by atomic mass is 19.4. The number of nitrogens with one attached hydrogen (secondary N) is 2. The normalized spacial score (nSPS) is 15.4. The van der Waals surface area contributed by atoms with Crippen LogP contribution in [0.4, 0.5) is 19.0 Å². The Morgan fingerprint density at radius 2 is 2.24 bits per heavy atom. The van der Waals surface area contributed by atoms with Crippen molar-refractivity contribution >= 4 is 22.8 Å². The van der Waals surface area contributed by atoms with Crippen molar-refractivity contribution < 1.29 is 27.6 Å². The highest BCUT2D eigenvalue weighted by Gasteiger charge is 2.39. The molecule has 3 N–H and O–H groups in total. The number of aromatic amines is 1. The van der Waals surface area contributed by atoms with Crippen LogP contribution in [0.5, 0.6) is 0 Å². The van der Waals surface area contributed by atoms with Gasteiger partial charge in [-0.25, -0.2) is 9.97 Å². The summed E-state index contributed by atoms with van der Waals surface area (Å²) >= 11 is 0. The van der Waals surface area contributed by atoms with E-state index in [-0.39, 0.29) is 12.2 Å². The SMILES string of the molecule is O=C(NCC(CO)C(F)(F)F)c1noc2c1CN(c1ncnc3[nH]ccc13)CC2. The van der Waals surface area contributed by atoms with Crippen LogP contribution in [-0.4, -0.2) is 57.0 Å². The molecule has 12 heteroatoms. The number of carbonyl (C=O) groups is 1. The van der Waals surface area contributed by atoms with Gasteiger partial charge in [-0.15, -0.1) is 0 Å². The van der Waals surface area contributed by atoms with Crippen LogP contribution in [0.3, 0.4) is 0 Å². The second-order valence-corrected chi connectivity index (χ2v) is 6.67. The van der Waals surface area contributed by atoms with Gasteiger partial charge in [0.2, 0.25) is 0 Å². The van der Waals surface area contributed by atoms with E-state index in [1.54, 1.807) is 6.20 Å². The summed E-state index contributed by atoms with van der Waals surface area (Å²) in [6.07, 6.45) is -0.976. The number of anilines is 1. The van der Waals surface area contributed by atoms with Gasteiger partial charge in [0, 0.05) is 31.3 Å². The minimum atomic E-state index is -4.61. The number of nitrogens with zero attached hydrogens (tertiary/aromatic N) is 4. The predicted molar refractivity (Wildman–Crippen MR) is 94.1 cm³/mol. The molecular formula is C17H17F3N6O3. The number of carbonyl (C=O) groups excluding carboxylic acids is 1. The third kappa shape index (κ3) is 3.62. The van der Waals surface area contributed by atoms with E-state index in [0.717, 1.165) is 5.39 Å². The lowest BCUT2D eigenvalue weighted by Crippen LogP contribution is -2.39. The zero-order valence-electron chi connectivity index (χ0n) is 15.0. The number of fused-ring (bicyclic) bond motifs is 2. The van der Waals surface area contributed by atoms with E-state index < -0.39 is 31.2 Å². The third-order valence-corrected chi connectivity index (χ3v) is 4.87. The fraction of sp³-hybridized carbons (Fsp3) is 0.412. The average molecular weight is 410 g/mol. The van der Waals surface area contributed by atoms with E-state index in [0.29, 0.717) is 35.8 Å². The van der Waals surface area contributed by atoms with Crippen LogP contribution in [0.25, 0.3) is 11.0 Å². The first kappa shape index (κ1) is 19.2. The Labute approximate surface area is 161 Å². The molecule has 1 aliphatic rings. The van der Waals surface area contributed by atoms with Crippen molar-refractivity contribution in [2.45, 2.75) is 19.1 Å². The zero-order valence-corrected chi connectivity index (χ0v) is 15.0. The summed E-state index contributed by atoms with van der Waals surface area (Å²) in [5.74, 6) is -1.64. The van der Waals surface area contributed by atoms with Crippen molar-refractivity contribution in [1.82, 2.24) is 25.4 Å². The first-order valence-electron chi connectivity index (χ1n) is 8.84. The number of hydrogen-bond acceptors (Lipinski definition) is 7. The number of alkyl halides is 3. The Kier molecular flexibility index (Phi) is 4.86. The molecule has 0 bridgehead atoms. The van der Waals surface area contributed by atoms with Crippen LogP contribution < -0.4 is 10.2 Å². The van der Waals surface area contributed by atoms with E-state index in [1.165, 1.54) is 6.33 Å². The van der Waals surface area contributed by atoms with E-state index >= 15 is 0 Å². The standard InChI is InChI=1S/C17H17F3N6O3/c18-17(19,20)9(7-27)5-22-16(28)13-11-6-26(4-2-12(11)29-25-13)15-10-1-3-21-14(10)23-8-24-15/h1,3,8-9,27H,2,4-7H2,(H,22,28)(H,21,23,24). The summed E-state index contributed by atoms with van der Waals surface area (Å²) in [6, 6.07) is 1.84. The van der Waals surface area contributed by atoms with E-state index in [4.69, 9.17) is 9.63 Å². The van der Waals surface area contributed by atoms with E-state index in [9.17, 15) is 18.0 Å².